The number of carbonyl (C=O) groups excluding carboxylic acids is 1. The Bertz CT molecular complexity index is 1190. The molecule has 0 spiro atoms. The second kappa shape index (κ2) is 8.32. The van der Waals surface area contributed by atoms with Crippen molar-refractivity contribution in [3.63, 3.8) is 0 Å². The minimum atomic E-state index is -0.0987. The number of benzene rings is 3. The van der Waals surface area contributed by atoms with Crippen molar-refractivity contribution in [3.8, 4) is 11.5 Å². The number of carbonyl (C=O) groups is 1. The van der Waals surface area contributed by atoms with Crippen LogP contribution in [0.1, 0.15) is 11.1 Å². The molecule has 0 atom stereocenters. The minimum absolute atomic E-state index is 0.0987. The molecule has 0 aromatic heterocycles. The zero-order valence-electron chi connectivity index (χ0n) is 16.9. The number of fused-ring (bicyclic) bond motifs is 1. The van der Waals surface area contributed by atoms with Gasteiger partial charge < -0.3 is 9.47 Å². The standard InChI is InChI=1S/C25H20N2O3S/c1-17-7-10-20(11-8-17)27-24(28)23(31-25(27)26-19-5-3-2-4-6-19)16-18-9-12-21-22(15-18)30-14-13-29-21/h2-12,15-16H,13-14H2,1H3. The lowest BCUT2D eigenvalue weighted by atomic mass is 10.1. The number of amides is 1. The summed E-state index contributed by atoms with van der Waals surface area (Å²) >= 11 is 1.37. The van der Waals surface area contributed by atoms with Crippen LogP contribution in [0.15, 0.2) is 82.7 Å². The smallest absolute Gasteiger partial charge is 0.271 e. The van der Waals surface area contributed by atoms with Crippen molar-refractivity contribution in [2.45, 2.75) is 6.92 Å². The van der Waals surface area contributed by atoms with Crippen LogP contribution in [0.5, 0.6) is 11.5 Å². The van der Waals surface area contributed by atoms with E-state index in [4.69, 9.17) is 14.5 Å². The fourth-order valence-corrected chi connectivity index (χ4v) is 4.39. The molecular formula is C25H20N2O3S. The first kappa shape index (κ1) is 19.5. The zero-order valence-corrected chi connectivity index (χ0v) is 17.8. The summed E-state index contributed by atoms with van der Waals surface area (Å²) < 4.78 is 11.3. The molecule has 1 saturated heterocycles. The Morgan fingerprint density at radius 3 is 2.45 bits per heavy atom. The van der Waals surface area contributed by atoms with Gasteiger partial charge in [-0.05, 0) is 66.7 Å². The monoisotopic (exact) mass is 428 g/mol. The molecule has 3 aromatic rings. The highest BCUT2D eigenvalue weighted by molar-refractivity contribution is 8.19. The number of ether oxygens (including phenoxy) is 2. The number of para-hydroxylation sites is 1. The van der Waals surface area contributed by atoms with Crippen LogP contribution in [-0.2, 0) is 4.79 Å². The topological polar surface area (TPSA) is 51.1 Å². The average molecular weight is 429 g/mol. The van der Waals surface area contributed by atoms with Gasteiger partial charge in [-0.3, -0.25) is 9.69 Å². The van der Waals surface area contributed by atoms with E-state index >= 15 is 0 Å². The van der Waals surface area contributed by atoms with E-state index < -0.39 is 0 Å². The Kier molecular flexibility index (Phi) is 5.22. The van der Waals surface area contributed by atoms with Crippen LogP contribution < -0.4 is 14.4 Å². The van der Waals surface area contributed by atoms with Crippen molar-refractivity contribution in [2.75, 3.05) is 18.1 Å². The van der Waals surface area contributed by atoms with Gasteiger partial charge in [-0.1, -0.05) is 42.0 Å². The van der Waals surface area contributed by atoms with Crippen LogP contribution in [0.4, 0.5) is 11.4 Å². The molecule has 31 heavy (non-hydrogen) atoms. The summed E-state index contributed by atoms with van der Waals surface area (Å²) in [6.07, 6.45) is 1.87. The fourth-order valence-electron chi connectivity index (χ4n) is 3.38. The largest absolute Gasteiger partial charge is 0.486 e. The summed E-state index contributed by atoms with van der Waals surface area (Å²) in [4.78, 5) is 20.4. The molecule has 2 aliphatic rings. The van der Waals surface area contributed by atoms with Gasteiger partial charge in [0, 0.05) is 0 Å². The van der Waals surface area contributed by atoms with Gasteiger partial charge >= 0.3 is 0 Å². The molecule has 1 amide bonds. The predicted molar refractivity (Wildman–Crippen MR) is 125 cm³/mol. The first-order valence-corrected chi connectivity index (χ1v) is 10.8. The average Bonchev–Trinajstić information content (AvgIpc) is 3.09. The Morgan fingerprint density at radius 2 is 1.68 bits per heavy atom. The van der Waals surface area contributed by atoms with Crippen molar-refractivity contribution >= 4 is 40.3 Å². The van der Waals surface area contributed by atoms with Crippen molar-refractivity contribution in [1.82, 2.24) is 0 Å². The third kappa shape index (κ3) is 4.07. The molecule has 0 unspecified atom stereocenters. The Balaban J connectivity index is 1.53. The molecule has 1 fully saturated rings. The molecule has 0 radical (unpaired) electrons. The summed E-state index contributed by atoms with van der Waals surface area (Å²) in [5.41, 5.74) is 3.61. The highest BCUT2D eigenvalue weighted by Gasteiger charge is 2.34. The molecule has 5 nitrogen and oxygen atoms in total. The number of amidine groups is 1. The summed E-state index contributed by atoms with van der Waals surface area (Å²) in [6, 6.07) is 23.3. The minimum Gasteiger partial charge on any atom is -0.486 e. The van der Waals surface area contributed by atoms with E-state index in [1.807, 2.05) is 85.8 Å². The van der Waals surface area contributed by atoms with Crippen LogP contribution in [-0.4, -0.2) is 24.3 Å². The highest BCUT2D eigenvalue weighted by atomic mass is 32.2. The van der Waals surface area contributed by atoms with E-state index in [1.54, 1.807) is 4.90 Å². The SMILES string of the molecule is Cc1ccc(N2C(=O)C(=Cc3ccc4c(c3)OCCO4)SC2=Nc2ccccc2)cc1. The molecule has 0 bridgehead atoms. The number of thioether (sulfide) groups is 1. The molecule has 0 aliphatic carbocycles. The molecular weight excluding hydrogens is 408 g/mol. The number of aryl methyl sites for hydroxylation is 1. The normalized spacial score (nSPS) is 18.1. The van der Waals surface area contributed by atoms with Gasteiger partial charge in [-0.25, -0.2) is 4.99 Å². The van der Waals surface area contributed by atoms with Crippen LogP contribution in [0.3, 0.4) is 0 Å². The zero-order chi connectivity index (χ0) is 21.2. The molecule has 6 heteroatoms. The molecule has 154 valence electrons. The number of anilines is 1. The van der Waals surface area contributed by atoms with E-state index in [0.29, 0.717) is 29.0 Å². The lowest BCUT2D eigenvalue weighted by molar-refractivity contribution is -0.113. The van der Waals surface area contributed by atoms with E-state index in [-0.39, 0.29) is 5.91 Å². The summed E-state index contributed by atoms with van der Waals surface area (Å²) in [5.74, 6) is 1.33. The fraction of sp³-hybridized carbons (Fsp3) is 0.120. The lowest BCUT2D eigenvalue weighted by Crippen LogP contribution is -2.28. The van der Waals surface area contributed by atoms with Crippen molar-refractivity contribution < 1.29 is 14.3 Å². The van der Waals surface area contributed by atoms with Gasteiger partial charge in [-0.15, -0.1) is 0 Å². The van der Waals surface area contributed by atoms with Gasteiger partial charge in [-0.2, -0.15) is 0 Å². The van der Waals surface area contributed by atoms with Crippen LogP contribution in [0.2, 0.25) is 0 Å². The summed E-state index contributed by atoms with van der Waals surface area (Å²) in [5, 5.41) is 0.629. The lowest BCUT2D eigenvalue weighted by Gasteiger charge is -2.18. The first-order valence-electron chi connectivity index (χ1n) is 10.0. The third-order valence-corrected chi connectivity index (χ3v) is 5.91. The molecule has 3 aromatic carbocycles. The molecule has 2 aliphatic heterocycles. The molecule has 2 heterocycles. The first-order chi connectivity index (χ1) is 15.2. The van der Waals surface area contributed by atoms with E-state index in [1.165, 1.54) is 11.8 Å². The number of aliphatic imine (C=N–C) groups is 1. The number of hydrogen-bond donors (Lipinski definition) is 0. The van der Waals surface area contributed by atoms with Crippen LogP contribution in [0.25, 0.3) is 6.08 Å². The maximum atomic E-state index is 13.4. The maximum Gasteiger partial charge on any atom is 0.271 e. The Morgan fingerprint density at radius 1 is 0.935 bits per heavy atom. The number of rotatable bonds is 3. The molecule has 5 rings (SSSR count). The van der Waals surface area contributed by atoms with Gasteiger partial charge in [0.2, 0.25) is 0 Å². The van der Waals surface area contributed by atoms with Crippen LogP contribution >= 0.6 is 11.8 Å². The second-order valence-electron chi connectivity index (χ2n) is 7.22. The third-order valence-electron chi connectivity index (χ3n) is 4.94. The summed E-state index contributed by atoms with van der Waals surface area (Å²) in [6.45, 7) is 3.10. The van der Waals surface area contributed by atoms with Gasteiger partial charge in [0.1, 0.15) is 13.2 Å². The van der Waals surface area contributed by atoms with Gasteiger partial charge in [0.05, 0.1) is 16.3 Å². The van der Waals surface area contributed by atoms with Crippen molar-refractivity contribution in [3.05, 3.63) is 88.8 Å². The van der Waals surface area contributed by atoms with Crippen LogP contribution in [0, 0.1) is 6.92 Å². The van der Waals surface area contributed by atoms with Gasteiger partial charge in [0.25, 0.3) is 5.91 Å². The van der Waals surface area contributed by atoms with E-state index in [9.17, 15) is 4.79 Å². The number of nitrogens with zero attached hydrogens (tertiary/aromatic N) is 2. The summed E-state index contributed by atoms with van der Waals surface area (Å²) in [7, 11) is 0. The molecule has 0 N–H and O–H groups in total. The van der Waals surface area contributed by atoms with Crippen molar-refractivity contribution in [1.29, 1.82) is 0 Å². The van der Waals surface area contributed by atoms with Crippen molar-refractivity contribution in [2.24, 2.45) is 4.99 Å². The predicted octanol–water partition coefficient (Wildman–Crippen LogP) is 5.57. The second-order valence-corrected chi connectivity index (χ2v) is 8.23. The van der Waals surface area contributed by atoms with Gasteiger partial charge in [0.15, 0.2) is 16.7 Å². The quantitative estimate of drug-likeness (QED) is 0.512. The molecule has 0 saturated carbocycles. The Hall–Kier alpha value is -3.51. The Labute approximate surface area is 185 Å². The highest BCUT2D eigenvalue weighted by Crippen LogP contribution is 2.38. The number of hydrogen-bond acceptors (Lipinski definition) is 5. The van der Waals surface area contributed by atoms with E-state index in [2.05, 4.69) is 0 Å². The maximum absolute atomic E-state index is 13.4. The van der Waals surface area contributed by atoms with E-state index in [0.717, 1.165) is 28.3 Å².